The SMILES string of the molecule is COc1ccc(NC(=O)C2(N)CCCC2)cc1N1CCCCC1=O.Cl. The van der Waals surface area contributed by atoms with Crippen molar-refractivity contribution in [2.45, 2.75) is 50.5 Å². The fraction of sp³-hybridized carbons (Fsp3) is 0.556. The van der Waals surface area contributed by atoms with Gasteiger partial charge in [0.2, 0.25) is 11.8 Å². The molecular formula is C18H26ClN3O3. The highest BCUT2D eigenvalue weighted by atomic mass is 35.5. The van der Waals surface area contributed by atoms with E-state index in [9.17, 15) is 9.59 Å². The second-order valence-corrected chi connectivity index (χ2v) is 6.71. The third kappa shape index (κ3) is 4.07. The lowest BCUT2D eigenvalue weighted by Crippen LogP contribution is -2.48. The molecule has 0 radical (unpaired) electrons. The van der Waals surface area contributed by atoms with Gasteiger partial charge in [-0.05, 0) is 43.9 Å². The van der Waals surface area contributed by atoms with Crippen LogP contribution in [0.5, 0.6) is 5.75 Å². The molecule has 1 heterocycles. The topological polar surface area (TPSA) is 84.7 Å². The molecular weight excluding hydrogens is 342 g/mol. The molecule has 0 spiro atoms. The molecule has 3 N–H and O–H groups in total. The van der Waals surface area contributed by atoms with Crippen LogP contribution in [0, 0.1) is 0 Å². The Bertz CT molecular complexity index is 644. The number of piperidine rings is 1. The monoisotopic (exact) mass is 367 g/mol. The Morgan fingerprint density at radius 2 is 1.96 bits per heavy atom. The highest BCUT2D eigenvalue weighted by molar-refractivity contribution is 6.00. The van der Waals surface area contributed by atoms with Gasteiger partial charge in [-0.1, -0.05) is 12.8 Å². The van der Waals surface area contributed by atoms with Crippen molar-refractivity contribution in [3.05, 3.63) is 18.2 Å². The average Bonchev–Trinajstić information content (AvgIpc) is 3.03. The van der Waals surface area contributed by atoms with Crippen molar-refractivity contribution in [2.24, 2.45) is 5.73 Å². The van der Waals surface area contributed by atoms with Crippen LogP contribution >= 0.6 is 12.4 Å². The summed E-state index contributed by atoms with van der Waals surface area (Å²) < 4.78 is 5.40. The van der Waals surface area contributed by atoms with Crippen molar-refractivity contribution in [1.82, 2.24) is 0 Å². The van der Waals surface area contributed by atoms with Crippen LogP contribution in [0.1, 0.15) is 44.9 Å². The van der Waals surface area contributed by atoms with E-state index in [1.165, 1.54) is 0 Å². The number of nitrogens with zero attached hydrogens (tertiary/aromatic N) is 1. The molecule has 3 rings (SSSR count). The lowest BCUT2D eigenvalue weighted by Gasteiger charge is -2.29. The molecule has 1 saturated heterocycles. The van der Waals surface area contributed by atoms with Crippen molar-refractivity contribution in [2.75, 3.05) is 23.9 Å². The number of amides is 2. The highest BCUT2D eigenvalue weighted by Crippen LogP contribution is 2.34. The number of halogens is 1. The van der Waals surface area contributed by atoms with Crippen LogP contribution in [0.4, 0.5) is 11.4 Å². The van der Waals surface area contributed by atoms with E-state index in [1.807, 2.05) is 0 Å². The first-order valence-electron chi connectivity index (χ1n) is 8.62. The van der Waals surface area contributed by atoms with Gasteiger partial charge >= 0.3 is 0 Å². The lowest BCUT2D eigenvalue weighted by atomic mass is 9.98. The van der Waals surface area contributed by atoms with Crippen LogP contribution in [0.15, 0.2) is 18.2 Å². The maximum absolute atomic E-state index is 12.5. The summed E-state index contributed by atoms with van der Waals surface area (Å²) in [5.74, 6) is 0.571. The van der Waals surface area contributed by atoms with E-state index in [-0.39, 0.29) is 24.2 Å². The predicted octanol–water partition coefficient (Wildman–Crippen LogP) is 2.84. The summed E-state index contributed by atoms with van der Waals surface area (Å²) in [7, 11) is 1.58. The molecule has 1 aromatic carbocycles. The largest absolute Gasteiger partial charge is 0.495 e. The Morgan fingerprint density at radius 1 is 1.24 bits per heavy atom. The zero-order valence-electron chi connectivity index (χ0n) is 14.5. The number of ether oxygens (including phenoxy) is 1. The van der Waals surface area contributed by atoms with E-state index >= 15 is 0 Å². The molecule has 1 saturated carbocycles. The van der Waals surface area contributed by atoms with Gasteiger partial charge in [-0.15, -0.1) is 12.4 Å². The molecule has 0 atom stereocenters. The Labute approximate surface area is 154 Å². The lowest BCUT2D eigenvalue weighted by molar-refractivity contribution is -0.121. The number of nitrogens with one attached hydrogen (secondary N) is 1. The molecule has 1 aliphatic heterocycles. The van der Waals surface area contributed by atoms with Gasteiger partial charge in [0.25, 0.3) is 0 Å². The van der Waals surface area contributed by atoms with Gasteiger partial charge in [0, 0.05) is 18.7 Å². The molecule has 0 bridgehead atoms. The fourth-order valence-corrected chi connectivity index (χ4v) is 3.53. The van der Waals surface area contributed by atoms with Gasteiger partial charge < -0.3 is 20.7 Å². The van der Waals surface area contributed by atoms with E-state index in [1.54, 1.807) is 30.2 Å². The normalized spacial score (nSPS) is 19.3. The molecule has 138 valence electrons. The highest BCUT2D eigenvalue weighted by Gasteiger charge is 2.37. The molecule has 1 aliphatic carbocycles. The van der Waals surface area contributed by atoms with E-state index < -0.39 is 5.54 Å². The molecule has 2 aliphatic rings. The third-order valence-corrected chi connectivity index (χ3v) is 5.00. The number of carbonyl (C=O) groups is 2. The number of anilines is 2. The summed E-state index contributed by atoms with van der Waals surface area (Å²) in [5.41, 5.74) is 6.78. The molecule has 2 amide bonds. The number of hydrogen-bond donors (Lipinski definition) is 2. The number of carbonyl (C=O) groups excluding carboxylic acids is 2. The van der Waals surface area contributed by atoms with E-state index in [0.29, 0.717) is 42.9 Å². The van der Waals surface area contributed by atoms with Crippen LogP contribution in [-0.2, 0) is 9.59 Å². The minimum Gasteiger partial charge on any atom is -0.495 e. The second-order valence-electron chi connectivity index (χ2n) is 6.71. The van der Waals surface area contributed by atoms with Gasteiger partial charge in [0.1, 0.15) is 5.75 Å². The summed E-state index contributed by atoms with van der Waals surface area (Å²) in [6.45, 7) is 0.674. The number of nitrogens with two attached hydrogens (primary N) is 1. The Morgan fingerprint density at radius 3 is 2.60 bits per heavy atom. The smallest absolute Gasteiger partial charge is 0.244 e. The van der Waals surface area contributed by atoms with Crippen molar-refractivity contribution < 1.29 is 14.3 Å². The third-order valence-electron chi connectivity index (χ3n) is 5.00. The Kier molecular flexibility index (Phi) is 6.30. The molecule has 0 unspecified atom stereocenters. The molecule has 0 aromatic heterocycles. The maximum Gasteiger partial charge on any atom is 0.244 e. The number of hydrogen-bond acceptors (Lipinski definition) is 4. The number of benzene rings is 1. The minimum absolute atomic E-state index is 0. The van der Waals surface area contributed by atoms with Crippen LogP contribution in [0.2, 0.25) is 0 Å². The first-order chi connectivity index (χ1) is 11.5. The number of rotatable bonds is 4. The molecule has 7 heteroatoms. The zero-order valence-corrected chi connectivity index (χ0v) is 15.4. The number of methoxy groups -OCH3 is 1. The average molecular weight is 368 g/mol. The van der Waals surface area contributed by atoms with Gasteiger partial charge in [0.15, 0.2) is 0 Å². The summed E-state index contributed by atoms with van der Waals surface area (Å²) >= 11 is 0. The Hall–Kier alpha value is -1.79. The van der Waals surface area contributed by atoms with Crippen LogP contribution < -0.4 is 20.7 Å². The quantitative estimate of drug-likeness (QED) is 0.856. The molecule has 2 fully saturated rings. The van der Waals surface area contributed by atoms with Gasteiger partial charge in [-0.2, -0.15) is 0 Å². The van der Waals surface area contributed by atoms with Crippen molar-refractivity contribution in [1.29, 1.82) is 0 Å². The maximum atomic E-state index is 12.5. The van der Waals surface area contributed by atoms with Crippen molar-refractivity contribution in [3.63, 3.8) is 0 Å². The van der Waals surface area contributed by atoms with Crippen LogP contribution in [0.25, 0.3) is 0 Å². The molecule has 1 aromatic rings. The minimum atomic E-state index is -0.777. The predicted molar refractivity (Wildman–Crippen MR) is 100 cm³/mol. The first kappa shape index (κ1) is 19.5. The van der Waals surface area contributed by atoms with Gasteiger partial charge in [-0.25, -0.2) is 0 Å². The molecule has 25 heavy (non-hydrogen) atoms. The standard InChI is InChI=1S/C18H25N3O3.ClH/c1-24-15-8-7-13(20-17(23)18(19)9-3-4-10-18)12-14(15)21-11-5-2-6-16(21)22;/h7-8,12H,2-6,9-11,19H2,1H3,(H,20,23);1H. The first-order valence-corrected chi connectivity index (χ1v) is 8.62. The van der Waals surface area contributed by atoms with Crippen LogP contribution in [-0.4, -0.2) is 31.0 Å². The van der Waals surface area contributed by atoms with E-state index in [4.69, 9.17) is 10.5 Å². The zero-order chi connectivity index (χ0) is 17.2. The van der Waals surface area contributed by atoms with Crippen LogP contribution in [0.3, 0.4) is 0 Å². The van der Waals surface area contributed by atoms with E-state index in [2.05, 4.69) is 5.32 Å². The van der Waals surface area contributed by atoms with Crippen molar-refractivity contribution in [3.8, 4) is 5.75 Å². The summed E-state index contributed by atoms with van der Waals surface area (Å²) in [4.78, 5) is 26.5. The molecule has 6 nitrogen and oxygen atoms in total. The van der Waals surface area contributed by atoms with Gasteiger partial charge in [0.05, 0.1) is 18.3 Å². The fourth-order valence-electron chi connectivity index (χ4n) is 3.53. The van der Waals surface area contributed by atoms with Gasteiger partial charge in [-0.3, -0.25) is 9.59 Å². The summed E-state index contributed by atoms with van der Waals surface area (Å²) in [5, 5.41) is 2.91. The summed E-state index contributed by atoms with van der Waals surface area (Å²) in [6, 6.07) is 5.37. The van der Waals surface area contributed by atoms with Crippen molar-refractivity contribution >= 4 is 35.6 Å². The second kappa shape index (κ2) is 8.06. The van der Waals surface area contributed by atoms with E-state index in [0.717, 1.165) is 25.7 Å². The Balaban J connectivity index is 0.00000225. The summed E-state index contributed by atoms with van der Waals surface area (Å²) in [6.07, 6.45) is 5.84.